The first-order valence-electron chi connectivity index (χ1n) is 6.11. The molecular weight excluding hydrogens is 276 g/mol. The second-order valence-electron chi connectivity index (χ2n) is 4.47. The number of rotatable bonds is 4. The van der Waals surface area contributed by atoms with E-state index >= 15 is 0 Å². The quantitative estimate of drug-likeness (QED) is 0.350. The Kier molecular flexibility index (Phi) is 5.84. The maximum Gasteiger partial charge on any atom is 0.403 e. The van der Waals surface area contributed by atoms with Crippen LogP contribution in [0.4, 0.5) is 0 Å². The Morgan fingerprint density at radius 2 is 1.50 bits per heavy atom. The minimum Gasteiger partial charge on any atom is -0.396 e. The van der Waals surface area contributed by atoms with E-state index in [1.165, 1.54) is 0 Å². The van der Waals surface area contributed by atoms with Crippen LogP contribution in [0.2, 0.25) is 0 Å². The Labute approximate surface area is 114 Å². The lowest BCUT2D eigenvalue weighted by atomic mass is 10.1. The molecule has 3 atom stereocenters. The number of hydrogen-bond acceptors (Lipinski definition) is 9. The molecule has 0 aliphatic carbocycles. The fourth-order valence-electron chi connectivity index (χ4n) is 1.64. The highest BCUT2D eigenvalue weighted by Crippen LogP contribution is 2.23. The summed E-state index contributed by atoms with van der Waals surface area (Å²) >= 11 is 0. The maximum absolute atomic E-state index is 11.4. The van der Waals surface area contributed by atoms with E-state index in [1.807, 2.05) is 0 Å². The lowest BCUT2D eigenvalue weighted by Gasteiger charge is -2.33. The average molecular weight is 294 g/mol. The van der Waals surface area contributed by atoms with Crippen molar-refractivity contribution in [3.05, 3.63) is 0 Å². The molecule has 116 valence electrons. The van der Waals surface area contributed by atoms with Gasteiger partial charge in [0.25, 0.3) is 0 Å². The van der Waals surface area contributed by atoms with Crippen molar-refractivity contribution in [1.82, 2.24) is 0 Å². The molecule has 1 rings (SSSR count). The van der Waals surface area contributed by atoms with Crippen LogP contribution < -0.4 is 0 Å². The molecule has 0 aromatic heterocycles. The summed E-state index contributed by atoms with van der Waals surface area (Å²) in [5.41, 5.74) is 0. The normalized spacial score (nSPS) is 24.4. The Hall–Kier alpha value is -1.26. The van der Waals surface area contributed by atoms with Crippen LogP contribution in [0, 0.1) is 0 Å². The van der Waals surface area contributed by atoms with Gasteiger partial charge < -0.3 is 35.0 Å². The summed E-state index contributed by atoms with van der Waals surface area (Å²) in [5.74, 6) is -4.99. The van der Waals surface area contributed by atoms with Crippen molar-refractivity contribution in [3.63, 3.8) is 0 Å². The molecule has 0 spiro atoms. The second kappa shape index (κ2) is 6.95. The van der Waals surface area contributed by atoms with E-state index < -0.39 is 42.8 Å². The largest absolute Gasteiger partial charge is 0.403 e. The molecule has 1 aliphatic rings. The van der Waals surface area contributed by atoms with Crippen LogP contribution in [0.5, 0.6) is 0 Å². The highest BCUT2D eigenvalue weighted by Gasteiger charge is 2.50. The van der Waals surface area contributed by atoms with Gasteiger partial charge in [-0.25, -0.2) is 0 Å². The standard InChI is InChI=1S/C11H18O9/c12-5-6(13)9(16)10(17)11(18)19-7(14)3-1-2-4-8(15)20-11/h6,9-10,12-13,16-18H,1-5H2/t6-,9-,10+/m1/s1. The summed E-state index contributed by atoms with van der Waals surface area (Å²) in [4.78, 5) is 22.8. The first-order valence-corrected chi connectivity index (χ1v) is 6.11. The van der Waals surface area contributed by atoms with Crippen molar-refractivity contribution >= 4 is 11.9 Å². The third-order valence-electron chi connectivity index (χ3n) is 2.81. The highest BCUT2D eigenvalue weighted by atomic mass is 16.8. The summed E-state index contributed by atoms with van der Waals surface area (Å²) in [7, 11) is 0. The number of cyclic esters (lactones) is 2. The van der Waals surface area contributed by atoms with E-state index in [-0.39, 0.29) is 12.8 Å². The SMILES string of the molecule is O=C1CCCCC(=O)OC(O)([C@@H](O)[C@H](O)[C@H](O)CO)O1. The van der Waals surface area contributed by atoms with E-state index in [0.717, 1.165) is 0 Å². The van der Waals surface area contributed by atoms with Crippen LogP contribution in [-0.2, 0) is 19.1 Å². The minimum atomic E-state index is -3.12. The second-order valence-corrected chi connectivity index (χ2v) is 4.47. The van der Waals surface area contributed by atoms with E-state index in [0.29, 0.717) is 12.8 Å². The molecule has 1 fully saturated rings. The summed E-state index contributed by atoms with van der Waals surface area (Å²) in [6.45, 7) is -0.920. The number of esters is 2. The van der Waals surface area contributed by atoms with E-state index in [1.54, 1.807) is 0 Å². The van der Waals surface area contributed by atoms with Crippen molar-refractivity contribution in [2.45, 2.75) is 50.0 Å². The molecule has 0 radical (unpaired) electrons. The van der Waals surface area contributed by atoms with Crippen molar-refractivity contribution < 1.29 is 44.6 Å². The molecular formula is C11H18O9. The Morgan fingerprint density at radius 1 is 1.05 bits per heavy atom. The average Bonchev–Trinajstić information content (AvgIpc) is 2.46. The maximum atomic E-state index is 11.4. The van der Waals surface area contributed by atoms with Crippen LogP contribution in [-0.4, -0.2) is 68.4 Å². The van der Waals surface area contributed by atoms with Gasteiger partial charge in [-0.1, -0.05) is 0 Å². The van der Waals surface area contributed by atoms with Gasteiger partial charge in [0.1, 0.15) is 12.2 Å². The van der Waals surface area contributed by atoms with Gasteiger partial charge >= 0.3 is 17.9 Å². The molecule has 9 heteroatoms. The van der Waals surface area contributed by atoms with Crippen molar-refractivity contribution in [2.24, 2.45) is 0 Å². The number of aliphatic hydroxyl groups is 5. The zero-order valence-corrected chi connectivity index (χ0v) is 10.6. The van der Waals surface area contributed by atoms with Gasteiger partial charge in [-0.2, -0.15) is 0 Å². The summed E-state index contributed by atoms with van der Waals surface area (Å²) < 4.78 is 8.96. The Morgan fingerprint density at radius 3 is 1.90 bits per heavy atom. The molecule has 0 saturated carbocycles. The zero-order valence-electron chi connectivity index (χ0n) is 10.6. The molecule has 0 unspecified atom stereocenters. The molecule has 0 aromatic rings. The van der Waals surface area contributed by atoms with E-state index in [2.05, 4.69) is 9.47 Å². The van der Waals surface area contributed by atoms with Gasteiger partial charge in [0.15, 0.2) is 6.10 Å². The van der Waals surface area contributed by atoms with Crippen LogP contribution in [0.25, 0.3) is 0 Å². The van der Waals surface area contributed by atoms with Crippen molar-refractivity contribution in [3.8, 4) is 0 Å². The monoisotopic (exact) mass is 294 g/mol. The Balaban J connectivity index is 2.92. The number of aliphatic hydroxyl groups excluding tert-OH is 4. The first-order chi connectivity index (χ1) is 9.30. The topological polar surface area (TPSA) is 154 Å². The predicted molar refractivity (Wildman–Crippen MR) is 60.7 cm³/mol. The molecule has 0 amide bonds. The van der Waals surface area contributed by atoms with Gasteiger partial charge in [0.05, 0.1) is 6.61 Å². The fraction of sp³-hybridized carbons (Fsp3) is 0.818. The lowest BCUT2D eigenvalue weighted by Crippen LogP contribution is -2.58. The van der Waals surface area contributed by atoms with E-state index in [9.17, 15) is 30.0 Å². The van der Waals surface area contributed by atoms with Gasteiger partial charge in [0.2, 0.25) is 0 Å². The molecule has 1 aliphatic heterocycles. The number of hydrogen-bond donors (Lipinski definition) is 5. The van der Waals surface area contributed by atoms with Gasteiger partial charge in [-0.3, -0.25) is 9.59 Å². The van der Waals surface area contributed by atoms with Crippen LogP contribution in [0.1, 0.15) is 25.7 Å². The van der Waals surface area contributed by atoms with Crippen LogP contribution >= 0.6 is 0 Å². The fourth-order valence-corrected chi connectivity index (χ4v) is 1.64. The third kappa shape index (κ3) is 4.12. The number of carbonyl (C=O) groups excluding carboxylic acids is 2. The predicted octanol–water partition coefficient (Wildman–Crippen LogP) is -2.63. The third-order valence-corrected chi connectivity index (χ3v) is 2.81. The molecule has 1 heterocycles. The zero-order chi connectivity index (χ0) is 15.3. The first kappa shape index (κ1) is 16.8. The molecule has 1 saturated heterocycles. The van der Waals surface area contributed by atoms with Gasteiger partial charge in [-0.15, -0.1) is 0 Å². The molecule has 0 bridgehead atoms. The van der Waals surface area contributed by atoms with Gasteiger partial charge in [-0.05, 0) is 12.8 Å². The van der Waals surface area contributed by atoms with E-state index in [4.69, 9.17) is 5.11 Å². The summed E-state index contributed by atoms with van der Waals surface area (Å²) in [6.07, 6.45) is -5.79. The molecule has 0 aromatic carbocycles. The number of ether oxygens (including phenoxy) is 2. The summed E-state index contributed by atoms with van der Waals surface area (Å²) in [6, 6.07) is 0. The number of carbonyl (C=O) groups is 2. The molecule has 9 nitrogen and oxygen atoms in total. The van der Waals surface area contributed by atoms with Crippen LogP contribution in [0.15, 0.2) is 0 Å². The van der Waals surface area contributed by atoms with Crippen LogP contribution in [0.3, 0.4) is 0 Å². The van der Waals surface area contributed by atoms with Crippen molar-refractivity contribution in [2.75, 3.05) is 6.61 Å². The van der Waals surface area contributed by atoms with Gasteiger partial charge in [0, 0.05) is 12.8 Å². The lowest BCUT2D eigenvalue weighted by molar-refractivity contribution is -0.374. The van der Waals surface area contributed by atoms with Crippen molar-refractivity contribution in [1.29, 1.82) is 0 Å². The summed E-state index contributed by atoms with van der Waals surface area (Å²) in [5, 5.41) is 47.0. The Bertz CT molecular complexity index is 336. The smallest absolute Gasteiger partial charge is 0.396 e. The molecule has 5 N–H and O–H groups in total. The minimum absolute atomic E-state index is 0.107. The molecule has 20 heavy (non-hydrogen) atoms. The highest BCUT2D eigenvalue weighted by molar-refractivity contribution is 5.72.